The van der Waals surface area contributed by atoms with E-state index in [1.54, 1.807) is 36.4 Å². The molecule has 1 amide bonds. The number of nitrogens with one attached hydrogen (secondary N) is 1. The van der Waals surface area contributed by atoms with Gasteiger partial charge < -0.3 is 5.32 Å². The van der Waals surface area contributed by atoms with Gasteiger partial charge in [-0.15, -0.1) is 0 Å². The average Bonchev–Trinajstić information content (AvgIpc) is 3.19. The molecule has 0 aromatic heterocycles. The molecule has 0 aliphatic carbocycles. The molecule has 1 saturated heterocycles. The smallest absolute Gasteiger partial charge is 0.243 e. The maximum atomic E-state index is 12.9. The number of hydrogen-bond acceptors (Lipinski definition) is 3. The van der Waals surface area contributed by atoms with Gasteiger partial charge >= 0.3 is 0 Å². The summed E-state index contributed by atoms with van der Waals surface area (Å²) in [4.78, 5) is 13.1. The van der Waals surface area contributed by atoms with Gasteiger partial charge in [0.1, 0.15) is 0 Å². The molecule has 2 aromatic rings. The van der Waals surface area contributed by atoms with Gasteiger partial charge in [0.05, 0.1) is 10.8 Å². The summed E-state index contributed by atoms with van der Waals surface area (Å²) in [6, 6.07) is 13.7. The van der Waals surface area contributed by atoms with Crippen LogP contribution in [0.25, 0.3) is 0 Å². The molecule has 0 bridgehead atoms. The summed E-state index contributed by atoms with van der Waals surface area (Å²) >= 11 is 5.95. The van der Waals surface area contributed by atoms with Crippen molar-refractivity contribution in [2.24, 2.45) is 5.92 Å². The number of benzene rings is 2. The number of rotatable bonds is 6. The van der Waals surface area contributed by atoms with Gasteiger partial charge in [-0.05, 0) is 60.7 Å². The second kappa shape index (κ2) is 8.64. The molecule has 0 radical (unpaired) electrons. The number of carbonyl (C=O) groups is 1. The highest BCUT2D eigenvalue weighted by atomic mass is 35.5. The topological polar surface area (TPSA) is 66.5 Å². The Labute approximate surface area is 171 Å². The molecule has 5 nitrogen and oxygen atoms in total. The van der Waals surface area contributed by atoms with Gasteiger partial charge in [-0.25, -0.2) is 8.42 Å². The Morgan fingerprint density at radius 3 is 2.11 bits per heavy atom. The first-order chi connectivity index (χ1) is 13.3. The fraction of sp³-hybridized carbons (Fsp3) is 0.381. The standard InChI is InChI=1S/C21H25ClN2O3S/c1-15(2)20(16-5-7-17(22)8-6-16)21(25)23-18-9-11-19(12-10-18)28(26,27)24-13-3-4-14-24/h5-12,15,20H,3-4,13-14H2,1-2H3,(H,23,25)/t20-/m1/s1. The van der Waals surface area contributed by atoms with Crippen LogP contribution in [0, 0.1) is 5.92 Å². The Kier molecular flexibility index (Phi) is 6.43. The zero-order valence-corrected chi connectivity index (χ0v) is 17.6. The molecule has 0 saturated carbocycles. The van der Waals surface area contributed by atoms with E-state index in [0.29, 0.717) is 23.8 Å². The molecule has 3 rings (SSSR count). The molecule has 0 spiro atoms. The van der Waals surface area contributed by atoms with E-state index in [0.717, 1.165) is 18.4 Å². The minimum absolute atomic E-state index is 0.0935. The van der Waals surface area contributed by atoms with E-state index in [1.807, 2.05) is 26.0 Å². The van der Waals surface area contributed by atoms with Crippen molar-refractivity contribution in [1.82, 2.24) is 4.31 Å². The molecule has 7 heteroatoms. The minimum Gasteiger partial charge on any atom is -0.326 e. The van der Waals surface area contributed by atoms with Gasteiger partial charge in [-0.2, -0.15) is 4.31 Å². The van der Waals surface area contributed by atoms with Crippen LogP contribution in [0.4, 0.5) is 5.69 Å². The summed E-state index contributed by atoms with van der Waals surface area (Å²) in [5.41, 5.74) is 1.47. The van der Waals surface area contributed by atoms with E-state index in [4.69, 9.17) is 11.6 Å². The van der Waals surface area contributed by atoms with Gasteiger partial charge in [-0.1, -0.05) is 37.6 Å². The van der Waals surface area contributed by atoms with Crippen LogP contribution in [0.15, 0.2) is 53.4 Å². The molecule has 1 heterocycles. The summed E-state index contributed by atoms with van der Waals surface area (Å²) in [6.07, 6.45) is 1.79. The first-order valence-corrected chi connectivity index (χ1v) is 11.3. The zero-order chi connectivity index (χ0) is 20.3. The predicted molar refractivity (Wildman–Crippen MR) is 112 cm³/mol. The normalized spacial score (nSPS) is 16.3. The molecule has 28 heavy (non-hydrogen) atoms. The molecule has 1 aliphatic rings. The van der Waals surface area contributed by atoms with Crippen LogP contribution in [-0.2, 0) is 14.8 Å². The highest BCUT2D eigenvalue weighted by Gasteiger charge is 2.27. The van der Waals surface area contributed by atoms with E-state index in [-0.39, 0.29) is 22.6 Å². The quantitative estimate of drug-likeness (QED) is 0.747. The molecule has 1 fully saturated rings. The molecule has 150 valence electrons. The molecular formula is C21H25ClN2O3S. The maximum absolute atomic E-state index is 12.9. The average molecular weight is 421 g/mol. The van der Waals surface area contributed by atoms with Crippen LogP contribution in [0.1, 0.15) is 38.2 Å². The lowest BCUT2D eigenvalue weighted by molar-refractivity contribution is -0.118. The molecule has 1 N–H and O–H groups in total. The summed E-state index contributed by atoms with van der Waals surface area (Å²) in [7, 11) is -3.45. The summed E-state index contributed by atoms with van der Waals surface area (Å²) in [5, 5.41) is 3.53. The molecule has 2 aromatic carbocycles. The highest BCUT2D eigenvalue weighted by molar-refractivity contribution is 7.89. The van der Waals surface area contributed by atoms with Crippen LogP contribution in [-0.4, -0.2) is 31.7 Å². The van der Waals surface area contributed by atoms with Crippen molar-refractivity contribution in [2.75, 3.05) is 18.4 Å². The van der Waals surface area contributed by atoms with E-state index in [2.05, 4.69) is 5.32 Å². The van der Waals surface area contributed by atoms with Gasteiger partial charge in [0.25, 0.3) is 0 Å². The first-order valence-electron chi connectivity index (χ1n) is 9.45. The lowest BCUT2D eigenvalue weighted by Gasteiger charge is -2.21. The lowest BCUT2D eigenvalue weighted by atomic mass is 9.87. The third kappa shape index (κ3) is 4.57. The second-order valence-corrected chi connectivity index (χ2v) is 9.77. The largest absolute Gasteiger partial charge is 0.326 e. The van der Waals surface area contributed by atoms with Crippen LogP contribution >= 0.6 is 11.6 Å². The number of halogens is 1. The Hall–Kier alpha value is -1.89. The Balaban J connectivity index is 1.75. The molecule has 0 unspecified atom stereocenters. The second-order valence-electron chi connectivity index (χ2n) is 7.40. The van der Waals surface area contributed by atoms with Gasteiger partial charge in [0.2, 0.25) is 15.9 Å². The third-order valence-electron chi connectivity index (χ3n) is 5.00. The minimum atomic E-state index is -3.45. The van der Waals surface area contributed by atoms with E-state index in [1.165, 1.54) is 4.31 Å². The van der Waals surface area contributed by atoms with Crippen molar-refractivity contribution in [3.63, 3.8) is 0 Å². The summed E-state index contributed by atoms with van der Waals surface area (Å²) < 4.78 is 26.7. The Bertz CT molecular complexity index is 919. The summed E-state index contributed by atoms with van der Waals surface area (Å²) in [5.74, 6) is -0.367. The third-order valence-corrected chi connectivity index (χ3v) is 7.17. The van der Waals surface area contributed by atoms with Crippen LogP contribution < -0.4 is 5.32 Å². The number of amides is 1. The zero-order valence-electron chi connectivity index (χ0n) is 16.1. The van der Waals surface area contributed by atoms with E-state index >= 15 is 0 Å². The SMILES string of the molecule is CC(C)[C@@H](C(=O)Nc1ccc(S(=O)(=O)N2CCCC2)cc1)c1ccc(Cl)cc1. The molecule has 1 aliphatic heterocycles. The highest BCUT2D eigenvalue weighted by Crippen LogP contribution is 2.28. The van der Waals surface area contributed by atoms with Crippen molar-refractivity contribution < 1.29 is 13.2 Å². The van der Waals surface area contributed by atoms with Gasteiger partial charge in [0, 0.05) is 23.8 Å². The van der Waals surface area contributed by atoms with Gasteiger partial charge in [-0.3, -0.25) is 4.79 Å². The number of anilines is 1. The van der Waals surface area contributed by atoms with Crippen LogP contribution in [0.3, 0.4) is 0 Å². The van der Waals surface area contributed by atoms with Crippen molar-refractivity contribution >= 4 is 33.2 Å². The van der Waals surface area contributed by atoms with Crippen molar-refractivity contribution in [2.45, 2.75) is 37.5 Å². The lowest BCUT2D eigenvalue weighted by Crippen LogP contribution is -2.28. The van der Waals surface area contributed by atoms with Crippen molar-refractivity contribution in [3.8, 4) is 0 Å². The fourth-order valence-electron chi connectivity index (χ4n) is 3.52. The number of hydrogen-bond donors (Lipinski definition) is 1. The molecule has 1 atom stereocenters. The molecular weight excluding hydrogens is 396 g/mol. The first kappa shape index (κ1) is 20.8. The number of sulfonamides is 1. The van der Waals surface area contributed by atoms with E-state index < -0.39 is 10.0 Å². The number of nitrogens with zero attached hydrogens (tertiary/aromatic N) is 1. The van der Waals surface area contributed by atoms with Crippen molar-refractivity contribution in [3.05, 3.63) is 59.1 Å². The fourth-order valence-corrected chi connectivity index (χ4v) is 5.16. The maximum Gasteiger partial charge on any atom is 0.243 e. The Morgan fingerprint density at radius 2 is 1.57 bits per heavy atom. The van der Waals surface area contributed by atoms with Crippen molar-refractivity contribution in [1.29, 1.82) is 0 Å². The monoisotopic (exact) mass is 420 g/mol. The number of carbonyl (C=O) groups excluding carboxylic acids is 1. The van der Waals surface area contributed by atoms with Crippen LogP contribution in [0.2, 0.25) is 5.02 Å². The van der Waals surface area contributed by atoms with E-state index in [9.17, 15) is 13.2 Å². The van der Waals surface area contributed by atoms with Gasteiger partial charge in [0.15, 0.2) is 0 Å². The Morgan fingerprint density at radius 1 is 1.00 bits per heavy atom. The van der Waals surface area contributed by atoms with Crippen LogP contribution in [0.5, 0.6) is 0 Å². The predicted octanol–water partition coefficient (Wildman–Crippen LogP) is 4.50. The summed E-state index contributed by atoms with van der Waals surface area (Å²) in [6.45, 7) is 5.12.